The summed E-state index contributed by atoms with van der Waals surface area (Å²) in [5.41, 5.74) is 4.44. The summed E-state index contributed by atoms with van der Waals surface area (Å²) in [4.78, 5) is 22.6. The zero-order chi connectivity index (χ0) is 23.8. The van der Waals surface area contributed by atoms with E-state index in [4.69, 9.17) is 9.47 Å². The van der Waals surface area contributed by atoms with Crippen LogP contribution in [0.1, 0.15) is 28.4 Å². The summed E-state index contributed by atoms with van der Waals surface area (Å²) in [6, 6.07) is 16.7. The summed E-state index contributed by atoms with van der Waals surface area (Å²) in [5.74, 6) is 0.642. The molecule has 3 aromatic carbocycles. The normalized spacial score (nSPS) is 10.8. The number of nitrogens with zero attached hydrogens (tertiary/aromatic N) is 2. The van der Waals surface area contributed by atoms with E-state index >= 15 is 0 Å². The average molecular weight is 577 g/mol. The van der Waals surface area contributed by atoms with Gasteiger partial charge < -0.3 is 9.47 Å². The number of hydrazone groups is 1. The number of nitrogens with one attached hydrogen (secondary N) is 1. The lowest BCUT2D eigenvalue weighted by Crippen LogP contribution is -2.18. The van der Waals surface area contributed by atoms with E-state index in [1.807, 2.05) is 13.0 Å². The molecular formula is C23H19Br2N3O5. The Morgan fingerprint density at radius 3 is 2.48 bits per heavy atom. The molecule has 3 rings (SSSR count). The molecule has 0 spiro atoms. The summed E-state index contributed by atoms with van der Waals surface area (Å²) in [6.07, 6.45) is 1.50. The molecule has 8 nitrogen and oxygen atoms in total. The Bertz CT molecular complexity index is 1180. The van der Waals surface area contributed by atoms with Crippen LogP contribution in [0, 0.1) is 10.1 Å². The molecule has 3 aromatic rings. The van der Waals surface area contributed by atoms with E-state index < -0.39 is 4.92 Å². The number of carbonyl (C=O) groups is 1. The third-order valence-electron chi connectivity index (χ3n) is 4.36. The number of rotatable bonds is 9. The van der Waals surface area contributed by atoms with Gasteiger partial charge in [-0.05, 0) is 86.3 Å². The summed E-state index contributed by atoms with van der Waals surface area (Å²) >= 11 is 6.83. The van der Waals surface area contributed by atoms with E-state index in [2.05, 4.69) is 42.4 Å². The van der Waals surface area contributed by atoms with Crippen molar-refractivity contribution in [3.8, 4) is 11.5 Å². The van der Waals surface area contributed by atoms with E-state index in [-0.39, 0.29) is 18.2 Å². The van der Waals surface area contributed by atoms with Crippen LogP contribution in [-0.4, -0.2) is 23.7 Å². The molecule has 0 radical (unpaired) electrons. The van der Waals surface area contributed by atoms with Gasteiger partial charge in [-0.25, -0.2) is 5.43 Å². The molecule has 0 aliphatic carbocycles. The zero-order valence-electron chi connectivity index (χ0n) is 17.5. The highest BCUT2D eigenvalue weighted by atomic mass is 79.9. The fourth-order valence-corrected chi connectivity index (χ4v) is 3.84. The van der Waals surface area contributed by atoms with Crippen LogP contribution in [0.25, 0.3) is 0 Å². The Hall–Kier alpha value is -3.24. The van der Waals surface area contributed by atoms with Crippen LogP contribution in [0.15, 0.2) is 74.7 Å². The number of amides is 1. The number of nitro groups is 1. The van der Waals surface area contributed by atoms with Gasteiger partial charge in [-0.15, -0.1) is 0 Å². The van der Waals surface area contributed by atoms with Gasteiger partial charge in [-0.1, -0.05) is 12.1 Å². The lowest BCUT2D eigenvalue weighted by molar-refractivity contribution is -0.384. The first-order valence-electron chi connectivity index (χ1n) is 9.79. The van der Waals surface area contributed by atoms with E-state index in [0.717, 1.165) is 5.56 Å². The molecule has 1 amide bonds. The molecule has 0 fully saturated rings. The minimum Gasteiger partial charge on any atom is -0.490 e. The fraction of sp³-hybridized carbons (Fsp3) is 0.130. The number of carbonyl (C=O) groups excluding carboxylic acids is 1. The second-order valence-electron chi connectivity index (χ2n) is 6.65. The SMILES string of the molecule is CCOc1cc(/C=N/NC(=O)c2ccccc2Br)cc(Br)c1OCc1ccc([N+](=O)[O-])cc1. The largest absolute Gasteiger partial charge is 0.490 e. The topological polar surface area (TPSA) is 103 Å². The number of ether oxygens (including phenoxy) is 2. The van der Waals surface area contributed by atoms with Gasteiger partial charge in [0, 0.05) is 16.6 Å². The lowest BCUT2D eigenvalue weighted by atomic mass is 10.2. The first-order chi connectivity index (χ1) is 15.9. The first-order valence-corrected chi connectivity index (χ1v) is 11.4. The Morgan fingerprint density at radius 1 is 1.09 bits per heavy atom. The van der Waals surface area contributed by atoms with Crippen molar-refractivity contribution in [2.45, 2.75) is 13.5 Å². The van der Waals surface area contributed by atoms with Crippen molar-refractivity contribution in [3.63, 3.8) is 0 Å². The molecule has 0 saturated carbocycles. The number of hydrogen-bond donors (Lipinski definition) is 1. The number of hydrogen-bond acceptors (Lipinski definition) is 6. The maximum atomic E-state index is 12.3. The van der Waals surface area contributed by atoms with Crippen molar-refractivity contribution >= 4 is 49.7 Å². The molecule has 0 unspecified atom stereocenters. The predicted molar refractivity (Wildman–Crippen MR) is 132 cm³/mol. The van der Waals surface area contributed by atoms with Gasteiger partial charge in [0.15, 0.2) is 11.5 Å². The second kappa shape index (κ2) is 11.6. The van der Waals surface area contributed by atoms with E-state index in [1.54, 1.807) is 42.5 Å². The molecule has 170 valence electrons. The highest BCUT2D eigenvalue weighted by molar-refractivity contribution is 9.10. The highest BCUT2D eigenvalue weighted by Gasteiger charge is 2.13. The zero-order valence-corrected chi connectivity index (χ0v) is 20.6. The molecular weight excluding hydrogens is 558 g/mol. The highest BCUT2D eigenvalue weighted by Crippen LogP contribution is 2.37. The molecule has 33 heavy (non-hydrogen) atoms. The van der Waals surface area contributed by atoms with Crippen LogP contribution < -0.4 is 14.9 Å². The Morgan fingerprint density at radius 2 is 1.82 bits per heavy atom. The van der Waals surface area contributed by atoms with Crippen molar-refractivity contribution in [1.29, 1.82) is 0 Å². The number of non-ortho nitro benzene ring substituents is 1. The fourth-order valence-electron chi connectivity index (χ4n) is 2.81. The molecule has 0 aliphatic rings. The van der Waals surface area contributed by atoms with Crippen LogP contribution in [0.5, 0.6) is 11.5 Å². The standard InChI is InChI=1S/C23H19Br2N3O5/c1-2-32-21-12-16(13-26-27-23(29)18-5-3-4-6-19(18)24)11-20(25)22(21)33-14-15-7-9-17(10-8-15)28(30)31/h3-13H,2,14H2,1H3,(H,27,29)/b26-13+. The van der Waals surface area contributed by atoms with Gasteiger partial charge in [-0.2, -0.15) is 5.10 Å². The van der Waals surface area contributed by atoms with Crippen molar-refractivity contribution in [3.05, 3.63) is 96.4 Å². The van der Waals surface area contributed by atoms with Crippen molar-refractivity contribution in [2.24, 2.45) is 5.10 Å². The second-order valence-corrected chi connectivity index (χ2v) is 8.36. The van der Waals surface area contributed by atoms with Gasteiger partial charge in [0.25, 0.3) is 11.6 Å². The van der Waals surface area contributed by atoms with Crippen LogP contribution in [0.4, 0.5) is 5.69 Å². The molecule has 0 heterocycles. The van der Waals surface area contributed by atoms with Gasteiger partial charge in [-0.3, -0.25) is 14.9 Å². The Kier molecular flexibility index (Phi) is 8.56. The molecule has 0 aromatic heterocycles. The quantitative estimate of drug-likeness (QED) is 0.195. The third-order valence-corrected chi connectivity index (χ3v) is 5.64. The smallest absolute Gasteiger partial charge is 0.272 e. The molecule has 0 atom stereocenters. The van der Waals surface area contributed by atoms with Gasteiger partial charge in [0.2, 0.25) is 0 Å². The van der Waals surface area contributed by atoms with Crippen LogP contribution in [0.3, 0.4) is 0 Å². The number of halogens is 2. The summed E-state index contributed by atoms with van der Waals surface area (Å²) in [7, 11) is 0. The maximum Gasteiger partial charge on any atom is 0.272 e. The van der Waals surface area contributed by atoms with Crippen molar-refractivity contribution < 1.29 is 19.2 Å². The van der Waals surface area contributed by atoms with Crippen molar-refractivity contribution in [2.75, 3.05) is 6.61 Å². The third kappa shape index (κ3) is 6.62. The molecule has 10 heteroatoms. The van der Waals surface area contributed by atoms with E-state index in [1.165, 1.54) is 18.3 Å². The first kappa shape index (κ1) is 24.4. The van der Waals surface area contributed by atoms with Gasteiger partial charge >= 0.3 is 0 Å². The molecule has 0 bridgehead atoms. The predicted octanol–water partition coefficient (Wildman–Crippen LogP) is 5.86. The minimum absolute atomic E-state index is 0.0188. The van der Waals surface area contributed by atoms with E-state index in [9.17, 15) is 14.9 Å². The molecule has 0 aliphatic heterocycles. The van der Waals surface area contributed by atoms with E-state index in [0.29, 0.717) is 38.2 Å². The Labute approximate surface area is 207 Å². The van der Waals surface area contributed by atoms with Crippen LogP contribution in [-0.2, 0) is 6.61 Å². The average Bonchev–Trinajstić information content (AvgIpc) is 2.79. The summed E-state index contributed by atoms with van der Waals surface area (Å²) in [5, 5.41) is 14.8. The minimum atomic E-state index is -0.449. The van der Waals surface area contributed by atoms with Gasteiger partial charge in [0.05, 0.1) is 27.8 Å². The Balaban J connectivity index is 1.72. The van der Waals surface area contributed by atoms with Crippen molar-refractivity contribution in [1.82, 2.24) is 5.43 Å². The summed E-state index contributed by atoms with van der Waals surface area (Å²) < 4.78 is 12.9. The lowest BCUT2D eigenvalue weighted by Gasteiger charge is -2.14. The molecule has 1 N–H and O–H groups in total. The number of nitro benzene ring substituents is 1. The summed E-state index contributed by atoms with van der Waals surface area (Å²) in [6.45, 7) is 2.47. The van der Waals surface area contributed by atoms with Crippen LogP contribution >= 0.6 is 31.9 Å². The number of benzene rings is 3. The maximum absolute atomic E-state index is 12.3. The van der Waals surface area contributed by atoms with Gasteiger partial charge in [0.1, 0.15) is 6.61 Å². The molecule has 0 saturated heterocycles. The van der Waals surface area contributed by atoms with Crippen LogP contribution in [0.2, 0.25) is 0 Å². The monoisotopic (exact) mass is 575 g/mol.